The van der Waals surface area contributed by atoms with Crippen LogP contribution in [0.1, 0.15) is 82.6 Å². The Hall–Kier alpha value is -0.770. The van der Waals surface area contributed by atoms with E-state index in [0.29, 0.717) is 22.4 Å². The maximum Gasteiger partial charge on any atom is 0.303 e. The van der Waals surface area contributed by atoms with Crippen LogP contribution in [0.15, 0.2) is 18.2 Å². The lowest BCUT2D eigenvalue weighted by Gasteiger charge is -2.39. The summed E-state index contributed by atoms with van der Waals surface area (Å²) in [5, 5.41) is 10.1. The highest BCUT2D eigenvalue weighted by Gasteiger charge is 2.56. The van der Waals surface area contributed by atoms with Crippen LogP contribution in [0, 0.1) is 17.8 Å². The SMILES string of the molecule is CCC(CCCCCCC(=O)O)[C@@H]1CN2[C@H]3CC[C@@H]2[C@H]1[C@@H](c1ccc(Cl)c(Cl)c1)C3. The second-order valence-electron chi connectivity index (χ2n) is 9.77. The van der Waals surface area contributed by atoms with Gasteiger partial charge in [-0.3, -0.25) is 9.69 Å². The molecule has 166 valence electrons. The Bertz CT molecular complexity index is 755. The fraction of sp³-hybridized carbons (Fsp3) is 0.720. The van der Waals surface area contributed by atoms with Crippen molar-refractivity contribution >= 4 is 29.2 Å². The number of aliphatic carboxylic acids is 1. The number of carbonyl (C=O) groups is 1. The fourth-order valence-corrected chi connectivity index (χ4v) is 7.21. The Morgan fingerprint density at radius 1 is 1.17 bits per heavy atom. The standard InChI is InChI=1S/C25H35Cl2NO2/c1-2-16(7-5-3-4-6-8-24(29)30)20-15-28-18-10-12-23(28)25(20)19(14-18)17-9-11-21(26)22(27)13-17/h9,11,13,16,18-20,23,25H,2-8,10,12,14-15H2,1H3,(H,29,30)/t16?,18-,19+,20-,23+,25-/m0/s1. The van der Waals surface area contributed by atoms with Crippen molar-refractivity contribution in [3.63, 3.8) is 0 Å². The number of piperidine rings is 1. The largest absolute Gasteiger partial charge is 0.481 e. The molecule has 5 heteroatoms. The third-order valence-corrected chi connectivity index (χ3v) is 9.00. The second kappa shape index (κ2) is 9.79. The number of unbranched alkanes of at least 4 members (excludes halogenated alkanes) is 3. The highest BCUT2D eigenvalue weighted by atomic mass is 35.5. The average molecular weight is 452 g/mol. The molecule has 0 radical (unpaired) electrons. The van der Waals surface area contributed by atoms with Gasteiger partial charge >= 0.3 is 5.97 Å². The van der Waals surface area contributed by atoms with Gasteiger partial charge in [-0.25, -0.2) is 0 Å². The number of hydrogen-bond acceptors (Lipinski definition) is 2. The van der Waals surface area contributed by atoms with E-state index >= 15 is 0 Å². The molecule has 3 nitrogen and oxygen atoms in total. The molecule has 3 heterocycles. The summed E-state index contributed by atoms with van der Waals surface area (Å²) < 4.78 is 0. The van der Waals surface area contributed by atoms with Crippen LogP contribution in [0.4, 0.5) is 0 Å². The maximum atomic E-state index is 10.7. The second-order valence-corrected chi connectivity index (χ2v) is 10.6. The van der Waals surface area contributed by atoms with Gasteiger partial charge in [0.15, 0.2) is 0 Å². The van der Waals surface area contributed by atoms with E-state index in [1.54, 1.807) is 0 Å². The van der Waals surface area contributed by atoms with Crippen molar-refractivity contribution in [1.29, 1.82) is 0 Å². The maximum absolute atomic E-state index is 10.7. The van der Waals surface area contributed by atoms with E-state index in [1.165, 1.54) is 50.6 Å². The first kappa shape index (κ1) is 22.4. The number of nitrogens with zero attached hydrogens (tertiary/aromatic N) is 1. The lowest BCUT2D eigenvalue weighted by molar-refractivity contribution is -0.137. The lowest BCUT2D eigenvalue weighted by atomic mass is 9.69. The predicted octanol–water partition coefficient (Wildman–Crippen LogP) is 7.01. The summed E-state index contributed by atoms with van der Waals surface area (Å²) in [4.78, 5) is 13.5. The smallest absolute Gasteiger partial charge is 0.303 e. The monoisotopic (exact) mass is 451 g/mol. The van der Waals surface area contributed by atoms with Crippen LogP contribution in [0.25, 0.3) is 0 Å². The first-order valence-electron chi connectivity index (χ1n) is 11.9. The minimum Gasteiger partial charge on any atom is -0.481 e. The topological polar surface area (TPSA) is 40.5 Å². The molecule has 3 saturated heterocycles. The zero-order valence-corrected chi connectivity index (χ0v) is 19.5. The number of hydrogen-bond donors (Lipinski definition) is 1. The molecule has 0 aromatic heterocycles. The molecule has 3 fully saturated rings. The van der Waals surface area contributed by atoms with E-state index in [-0.39, 0.29) is 0 Å². The molecule has 0 saturated carbocycles. The summed E-state index contributed by atoms with van der Waals surface area (Å²) in [5.41, 5.74) is 1.39. The van der Waals surface area contributed by atoms with Crippen LogP contribution in [0.2, 0.25) is 10.0 Å². The Morgan fingerprint density at radius 2 is 1.97 bits per heavy atom. The quantitative estimate of drug-likeness (QED) is 0.388. The van der Waals surface area contributed by atoms with Crippen molar-refractivity contribution in [1.82, 2.24) is 4.90 Å². The molecule has 0 aliphatic carbocycles. The first-order valence-corrected chi connectivity index (χ1v) is 12.7. The van der Waals surface area contributed by atoms with E-state index in [0.717, 1.165) is 49.1 Å². The Balaban J connectivity index is 1.44. The minimum absolute atomic E-state index is 0.311. The summed E-state index contributed by atoms with van der Waals surface area (Å²) in [6.07, 6.45) is 11.1. The van der Waals surface area contributed by atoms with Gasteiger partial charge in [0.25, 0.3) is 0 Å². The van der Waals surface area contributed by atoms with Gasteiger partial charge in [0.2, 0.25) is 0 Å². The van der Waals surface area contributed by atoms with Crippen LogP contribution in [0.5, 0.6) is 0 Å². The summed E-state index contributed by atoms with van der Waals surface area (Å²) in [6, 6.07) is 7.81. The first-order chi connectivity index (χ1) is 14.5. The zero-order valence-electron chi connectivity index (χ0n) is 18.0. The number of halogens is 2. The van der Waals surface area contributed by atoms with E-state index in [1.807, 2.05) is 6.07 Å². The molecule has 4 rings (SSSR count). The molecule has 4 bridgehead atoms. The molecule has 3 aliphatic heterocycles. The molecule has 1 aromatic carbocycles. The van der Waals surface area contributed by atoms with Crippen molar-refractivity contribution in [2.75, 3.05) is 6.54 Å². The average Bonchev–Trinajstić information content (AvgIpc) is 3.15. The van der Waals surface area contributed by atoms with E-state index in [9.17, 15) is 4.79 Å². The Morgan fingerprint density at radius 3 is 2.70 bits per heavy atom. The van der Waals surface area contributed by atoms with Crippen molar-refractivity contribution in [2.45, 2.75) is 89.1 Å². The van der Waals surface area contributed by atoms with E-state index < -0.39 is 5.97 Å². The van der Waals surface area contributed by atoms with Crippen LogP contribution in [0.3, 0.4) is 0 Å². The number of benzene rings is 1. The number of carboxylic acid groups (broad SMARTS) is 1. The molecule has 0 amide bonds. The van der Waals surface area contributed by atoms with Gasteiger partial charge in [-0.2, -0.15) is 0 Å². The van der Waals surface area contributed by atoms with Crippen molar-refractivity contribution in [2.24, 2.45) is 17.8 Å². The summed E-state index contributed by atoms with van der Waals surface area (Å²) in [6.45, 7) is 3.63. The van der Waals surface area contributed by atoms with Crippen LogP contribution < -0.4 is 0 Å². The zero-order chi connectivity index (χ0) is 21.3. The molecule has 7 atom stereocenters. The molecular weight excluding hydrogens is 417 g/mol. The summed E-state index contributed by atoms with van der Waals surface area (Å²) in [7, 11) is 0. The van der Waals surface area contributed by atoms with Gasteiger partial charge in [0.05, 0.1) is 10.0 Å². The van der Waals surface area contributed by atoms with Gasteiger partial charge in [0, 0.05) is 25.0 Å². The van der Waals surface area contributed by atoms with Gasteiger partial charge in [-0.05, 0) is 67.1 Å². The molecule has 1 aromatic rings. The fourth-order valence-electron chi connectivity index (χ4n) is 6.91. The minimum atomic E-state index is -0.669. The molecule has 2 unspecified atom stereocenters. The van der Waals surface area contributed by atoms with Gasteiger partial charge in [-0.1, -0.05) is 68.3 Å². The third-order valence-electron chi connectivity index (χ3n) is 8.26. The van der Waals surface area contributed by atoms with Crippen LogP contribution >= 0.6 is 23.2 Å². The third kappa shape index (κ3) is 4.54. The molecule has 1 N–H and O–H groups in total. The summed E-state index contributed by atoms with van der Waals surface area (Å²) in [5.74, 6) is 2.20. The molecule has 3 aliphatic rings. The van der Waals surface area contributed by atoms with Crippen LogP contribution in [-0.4, -0.2) is 34.6 Å². The Labute approximate surface area is 191 Å². The predicted molar refractivity (Wildman–Crippen MR) is 123 cm³/mol. The normalized spacial score (nSPS) is 33.0. The van der Waals surface area contributed by atoms with Gasteiger partial charge in [0.1, 0.15) is 0 Å². The van der Waals surface area contributed by atoms with E-state index in [4.69, 9.17) is 28.3 Å². The number of rotatable bonds is 10. The van der Waals surface area contributed by atoms with Gasteiger partial charge in [-0.15, -0.1) is 0 Å². The highest BCUT2D eigenvalue weighted by molar-refractivity contribution is 6.42. The lowest BCUT2D eigenvalue weighted by Crippen LogP contribution is -2.41. The van der Waals surface area contributed by atoms with Crippen molar-refractivity contribution in [3.8, 4) is 0 Å². The van der Waals surface area contributed by atoms with E-state index in [2.05, 4.69) is 24.0 Å². The van der Waals surface area contributed by atoms with Gasteiger partial charge < -0.3 is 5.11 Å². The van der Waals surface area contributed by atoms with Crippen molar-refractivity contribution in [3.05, 3.63) is 33.8 Å². The molecular formula is C25H35Cl2NO2. The Kier molecular flexibility index (Phi) is 7.32. The van der Waals surface area contributed by atoms with Crippen molar-refractivity contribution < 1.29 is 9.90 Å². The molecule has 0 spiro atoms. The van der Waals surface area contributed by atoms with Crippen LogP contribution in [-0.2, 0) is 4.79 Å². The highest BCUT2D eigenvalue weighted by Crippen LogP contribution is 2.57. The molecule has 30 heavy (non-hydrogen) atoms. The summed E-state index contributed by atoms with van der Waals surface area (Å²) >= 11 is 12.6. The number of carboxylic acids is 1.